The summed E-state index contributed by atoms with van der Waals surface area (Å²) in [5.41, 5.74) is 2.13. The van der Waals surface area contributed by atoms with Crippen molar-refractivity contribution in [1.29, 1.82) is 0 Å². The van der Waals surface area contributed by atoms with Crippen LogP contribution in [0, 0.1) is 0 Å². The van der Waals surface area contributed by atoms with E-state index in [1.165, 1.54) is 5.56 Å². The fraction of sp³-hybridized carbons (Fsp3) is 0.385. The standard InChI is InChI=1S/C13H18N4O/c1-10(11-5-4-6-13(7-11)18-3)14-8-12-9-17(2)16-15-12/h4-7,9-10,14H,8H2,1-3H3/t10-/m1/s1. The zero-order valence-corrected chi connectivity index (χ0v) is 10.9. The van der Waals surface area contributed by atoms with Gasteiger partial charge in [0.25, 0.3) is 0 Å². The topological polar surface area (TPSA) is 52.0 Å². The number of nitrogens with one attached hydrogen (secondary N) is 1. The summed E-state index contributed by atoms with van der Waals surface area (Å²) in [4.78, 5) is 0. The van der Waals surface area contributed by atoms with Crippen molar-refractivity contribution >= 4 is 0 Å². The Hall–Kier alpha value is -1.88. The summed E-state index contributed by atoms with van der Waals surface area (Å²) in [5, 5.41) is 11.4. The quantitative estimate of drug-likeness (QED) is 0.872. The van der Waals surface area contributed by atoms with Crippen molar-refractivity contribution in [3.63, 3.8) is 0 Å². The summed E-state index contributed by atoms with van der Waals surface area (Å²) < 4.78 is 6.92. The highest BCUT2D eigenvalue weighted by atomic mass is 16.5. The van der Waals surface area contributed by atoms with Gasteiger partial charge < -0.3 is 10.1 Å². The number of aryl methyl sites for hydroxylation is 1. The molecule has 5 heteroatoms. The molecular formula is C13H18N4O. The first-order valence-electron chi connectivity index (χ1n) is 5.91. The number of rotatable bonds is 5. The highest BCUT2D eigenvalue weighted by Crippen LogP contribution is 2.18. The minimum absolute atomic E-state index is 0.238. The van der Waals surface area contributed by atoms with E-state index in [2.05, 4.69) is 28.6 Å². The molecule has 0 aliphatic rings. The Morgan fingerprint density at radius 2 is 2.28 bits per heavy atom. The molecule has 0 fully saturated rings. The number of methoxy groups -OCH3 is 1. The minimum Gasteiger partial charge on any atom is -0.497 e. The predicted octanol–water partition coefficient (Wildman–Crippen LogP) is 1.67. The van der Waals surface area contributed by atoms with Crippen molar-refractivity contribution in [2.24, 2.45) is 7.05 Å². The van der Waals surface area contributed by atoms with Crippen molar-refractivity contribution in [3.05, 3.63) is 41.7 Å². The molecule has 1 N–H and O–H groups in total. The lowest BCUT2D eigenvalue weighted by atomic mass is 10.1. The Labute approximate surface area is 107 Å². The van der Waals surface area contributed by atoms with Gasteiger partial charge in [-0.2, -0.15) is 0 Å². The van der Waals surface area contributed by atoms with Gasteiger partial charge in [0.1, 0.15) is 5.75 Å². The number of nitrogens with zero attached hydrogens (tertiary/aromatic N) is 3. The molecular weight excluding hydrogens is 228 g/mol. The lowest BCUT2D eigenvalue weighted by Crippen LogP contribution is -2.18. The van der Waals surface area contributed by atoms with Crippen molar-refractivity contribution in [3.8, 4) is 5.75 Å². The average molecular weight is 246 g/mol. The molecule has 1 heterocycles. The molecule has 1 aromatic heterocycles. The van der Waals surface area contributed by atoms with E-state index in [1.807, 2.05) is 31.4 Å². The molecule has 0 amide bonds. The van der Waals surface area contributed by atoms with Crippen LogP contribution in [0.5, 0.6) is 5.75 Å². The SMILES string of the molecule is COc1cccc([C@@H](C)NCc2cn(C)nn2)c1. The van der Waals surface area contributed by atoms with Gasteiger partial charge >= 0.3 is 0 Å². The molecule has 0 radical (unpaired) electrons. The molecule has 0 saturated carbocycles. The molecule has 0 unspecified atom stereocenters. The number of aromatic nitrogens is 3. The Balaban J connectivity index is 1.96. The molecule has 5 nitrogen and oxygen atoms in total. The van der Waals surface area contributed by atoms with Gasteiger partial charge in [0.15, 0.2) is 0 Å². The number of hydrogen-bond donors (Lipinski definition) is 1. The Kier molecular flexibility index (Phi) is 3.94. The summed E-state index contributed by atoms with van der Waals surface area (Å²) in [6.07, 6.45) is 1.91. The molecule has 2 aromatic rings. The van der Waals surface area contributed by atoms with E-state index in [0.717, 1.165) is 11.4 Å². The van der Waals surface area contributed by atoms with Gasteiger partial charge in [-0.05, 0) is 24.6 Å². The monoisotopic (exact) mass is 246 g/mol. The lowest BCUT2D eigenvalue weighted by molar-refractivity contribution is 0.413. The Morgan fingerprint density at radius 1 is 1.44 bits per heavy atom. The third-order valence-electron chi connectivity index (χ3n) is 2.83. The summed E-state index contributed by atoms with van der Waals surface area (Å²) >= 11 is 0. The number of hydrogen-bond acceptors (Lipinski definition) is 4. The molecule has 0 spiro atoms. The van der Waals surface area contributed by atoms with Crippen molar-refractivity contribution in [1.82, 2.24) is 20.3 Å². The molecule has 0 aliphatic heterocycles. The molecule has 96 valence electrons. The van der Waals surface area contributed by atoms with Crippen LogP contribution in [0.25, 0.3) is 0 Å². The second-order valence-corrected chi connectivity index (χ2v) is 4.26. The Bertz CT molecular complexity index is 509. The first kappa shape index (κ1) is 12.6. The zero-order valence-electron chi connectivity index (χ0n) is 10.9. The van der Waals surface area contributed by atoms with Crippen LogP contribution >= 0.6 is 0 Å². The number of benzene rings is 1. The summed E-state index contributed by atoms with van der Waals surface area (Å²) in [7, 11) is 3.54. The normalized spacial score (nSPS) is 12.4. The lowest BCUT2D eigenvalue weighted by Gasteiger charge is -2.14. The van der Waals surface area contributed by atoms with Crippen LogP contribution in [-0.4, -0.2) is 22.1 Å². The molecule has 0 bridgehead atoms. The van der Waals surface area contributed by atoms with E-state index in [1.54, 1.807) is 11.8 Å². The second kappa shape index (κ2) is 5.64. The van der Waals surface area contributed by atoms with Crippen molar-refractivity contribution in [2.75, 3.05) is 7.11 Å². The molecule has 0 aliphatic carbocycles. The van der Waals surface area contributed by atoms with Gasteiger partial charge in [0.2, 0.25) is 0 Å². The van der Waals surface area contributed by atoms with E-state index in [0.29, 0.717) is 6.54 Å². The summed E-state index contributed by atoms with van der Waals surface area (Å²) in [5.74, 6) is 0.876. The molecule has 18 heavy (non-hydrogen) atoms. The van der Waals surface area contributed by atoms with Gasteiger partial charge in [-0.3, -0.25) is 4.68 Å². The van der Waals surface area contributed by atoms with Crippen LogP contribution < -0.4 is 10.1 Å². The maximum absolute atomic E-state index is 5.22. The van der Waals surface area contributed by atoms with Crippen molar-refractivity contribution < 1.29 is 4.74 Å². The van der Waals surface area contributed by atoms with Crippen LogP contribution in [0.2, 0.25) is 0 Å². The molecule has 1 atom stereocenters. The third-order valence-corrected chi connectivity index (χ3v) is 2.83. The van der Waals surface area contributed by atoms with Crippen LogP contribution in [-0.2, 0) is 13.6 Å². The minimum atomic E-state index is 0.238. The van der Waals surface area contributed by atoms with Crippen molar-refractivity contribution in [2.45, 2.75) is 19.5 Å². The fourth-order valence-electron chi connectivity index (χ4n) is 1.76. The van der Waals surface area contributed by atoms with Gasteiger partial charge in [0.05, 0.1) is 12.8 Å². The molecule has 1 aromatic carbocycles. The van der Waals surface area contributed by atoms with Gasteiger partial charge in [-0.25, -0.2) is 0 Å². The third kappa shape index (κ3) is 3.07. The Morgan fingerprint density at radius 3 is 2.94 bits per heavy atom. The van der Waals surface area contributed by atoms with Gasteiger partial charge in [0, 0.05) is 25.8 Å². The molecule has 2 rings (SSSR count). The highest BCUT2D eigenvalue weighted by molar-refractivity contribution is 5.30. The summed E-state index contributed by atoms with van der Waals surface area (Å²) in [6, 6.07) is 8.29. The largest absolute Gasteiger partial charge is 0.497 e. The van der Waals surface area contributed by atoms with E-state index in [-0.39, 0.29) is 6.04 Å². The fourth-order valence-corrected chi connectivity index (χ4v) is 1.76. The van der Waals surface area contributed by atoms with E-state index >= 15 is 0 Å². The number of ether oxygens (including phenoxy) is 1. The first-order chi connectivity index (χ1) is 8.69. The maximum atomic E-state index is 5.22. The average Bonchev–Trinajstić information content (AvgIpc) is 2.82. The van der Waals surface area contributed by atoms with Crippen LogP contribution in [0.15, 0.2) is 30.5 Å². The van der Waals surface area contributed by atoms with Gasteiger partial charge in [-0.15, -0.1) is 5.10 Å². The van der Waals surface area contributed by atoms with Crippen LogP contribution in [0.3, 0.4) is 0 Å². The van der Waals surface area contributed by atoms with Crippen LogP contribution in [0.4, 0.5) is 0 Å². The first-order valence-corrected chi connectivity index (χ1v) is 5.91. The van der Waals surface area contributed by atoms with E-state index < -0.39 is 0 Å². The maximum Gasteiger partial charge on any atom is 0.119 e. The van der Waals surface area contributed by atoms with E-state index in [9.17, 15) is 0 Å². The van der Waals surface area contributed by atoms with E-state index in [4.69, 9.17) is 4.74 Å². The highest BCUT2D eigenvalue weighted by Gasteiger charge is 2.07. The zero-order chi connectivity index (χ0) is 13.0. The summed E-state index contributed by atoms with van der Waals surface area (Å²) in [6.45, 7) is 2.82. The predicted molar refractivity (Wildman–Crippen MR) is 69.3 cm³/mol. The van der Waals surface area contributed by atoms with Gasteiger partial charge in [-0.1, -0.05) is 17.3 Å². The molecule has 0 saturated heterocycles. The van der Waals surface area contributed by atoms with Crippen LogP contribution in [0.1, 0.15) is 24.2 Å². The smallest absolute Gasteiger partial charge is 0.119 e. The second-order valence-electron chi connectivity index (χ2n) is 4.26.